The quantitative estimate of drug-likeness (QED) is 0.200. The molecule has 0 spiro atoms. The Morgan fingerprint density at radius 2 is 1.17 bits per heavy atom. The van der Waals surface area contributed by atoms with Crippen molar-refractivity contribution >= 4 is 12.2 Å². The third-order valence-electron chi connectivity index (χ3n) is 8.93. The monoisotopic (exact) mass is 652 g/mol. The van der Waals surface area contributed by atoms with Gasteiger partial charge in [-0.25, -0.2) is 19.6 Å². The minimum Gasteiger partial charge on any atom is -0.457 e. The summed E-state index contributed by atoms with van der Waals surface area (Å²) in [7, 11) is 0. The van der Waals surface area contributed by atoms with Gasteiger partial charge < -0.3 is 24.2 Å². The third kappa shape index (κ3) is 6.50. The smallest absolute Gasteiger partial charge is 0.410 e. The van der Waals surface area contributed by atoms with Gasteiger partial charge in [0.2, 0.25) is 0 Å². The summed E-state index contributed by atoms with van der Waals surface area (Å²) in [6.45, 7) is 12.6. The van der Waals surface area contributed by atoms with Gasteiger partial charge in [-0.05, 0) is 115 Å². The molecular weight excluding hydrogens is 608 g/mol. The number of amides is 2. The lowest BCUT2D eigenvalue weighted by molar-refractivity contribution is 0.0208. The molecule has 4 aromatic rings. The van der Waals surface area contributed by atoms with Gasteiger partial charge in [-0.3, -0.25) is 9.80 Å². The van der Waals surface area contributed by atoms with Crippen molar-refractivity contribution in [2.45, 2.75) is 96.9 Å². The fourth-order valence-corrected chi connectivity index (χ4v) is 6.78. The lowest BCUT2D eigenvalue weighted by atomic mass is 9.96. The van der Waals surface area contributed by atoms with Gasteiger partial charge in [0.15, 0.2) is 0 Å². The first kappa shape index (κ1) is 31.8. The lowest BCUT2D eigenvalue weighted by Gasteiger charge is -2.27. The molecule has 48 heavy (non-hydrogen) atoms. The van der Waals surface area contributed by atoms with Crippen LogP contribution in [0.1, 0.15) is 102 Å². The summed E-state index contributed by atoms with van der Waals surface area (Å²) in [4.78, 5) is 45.6. The Morgan fingerprint density at radius 3 is 1.58 bits per heavy atom. The molecule has 3 aliphatic heterocycles. The molecule has 2 aromatic carbocycles. The van der Waals surface area contributed by atoms with Crippen LogP contribution in [0.15, 0.2) is 48.8 Å². The van der Waals surface area contributed by atoms with Crippen molar-refractivity contribution in [3.8, 4) is 34.0 Å². The molecule has 0 unspecified atom stereocenters. The molecule has 3 aliphatic rings. The number of nitrogens with one attached hydrogen (secondary N) is 2. The summed E-state index contributed by atoms with van der Waals surface area (Å²) in [5, 5.41) is 0. The summed E-state index contributed by atoms with van der Waals surface area (Å²) in [6.07, 6.45) is 7.25. The number of carbonyl (C=O) groups is 2. The van der Waals surface area contributed by atoms with Crippen LogP contribution in [0, 0.1) is 0 Å². The zero-order valence-corrected chi connectivity index (χ0v) is 28.6. The van der Waals surface area contributed by atoms with Crippen LogP contribution in [-0.4, -0.2) is 66.2 Å². The Bertz CT molecular complexity index is 1720. The molecule has 2 atom stereocenters. The number of imidazole rings is 2. The van der Waals surface area contributed by atoms with Crippen molar-refractivity contribution in [1.82, 2.24) is 29.7 Å². The highest BCUT2D eigenvalue weighted by Gasteiger charge is 2.36. The lowest BCUT2D eigenvalue weighted by Crippen LogP contribution is -2.36. The molecule has 0 aliphatic carbocycles. The van der Waals surface area contributed by atoms with E-state index in [1.807, 2.05) is 78.2 Å². The first-order chi connectivity index (χ1) is 22.8. The fraction of sp³-hybridized carbons (Fsp3) is 0.459. The van der Waals surface area contributed by atoms with Crippen molar-refractivity contribution in [3.05, 3.63) is 71.6 Å². The SMILES string of the molecule is CC(C)(C)OC(=O)N1CCC[C@H]1c1ncc(-c2ccc3c(c2)Cc2cc(-c4cnc([C@@H]5CCCN5C(=O)OC(C)(C)C)[nH]4)ccc2O3)[nH]1. The number of hydrogen-bond donors (Lipinski definition) is 2. The Balaban J connectivity index is 1.07. The number of nitrogens with zero attached hydrogens (tertiary/aromatic N) is 4. The molecule has 2 saturated heterocycles. The second kappa shape index (κ2) is 12.0. The van der Waals surface area contributed by atoms with Crippen molar-refractivity contribution in [2.75, 3.05) is 13.1 Å². The van der Waals surface area contributed by atoms with E-state index in [4.69, 9.17) is 14.2 Å². The molecule has 252 valence electrons. The Hall–Kier alpha value is -4.80. The maximum Gasteiger partial charge on any atom is 0.410 e. The van der Waals surface area contributed by atoms with Gasteiger partial charge in [0.25, 0.3) is 0 Å². The van der Waals surface area contributed by atoms with E-state index in [1.54, 1.807) is 9.80 Å². The normalized spacial score (nSPS) is 19.1. The van der Waals surface area contributed by atoms with Gasteiger partial charge in [-0.1, -0.05) is 0 Å². The van der Waals surface area contributed by atoms with Crippen LogP contribution in [0.25, 0.3) is 22.5 Å². The summed E-state index contributed by atoms with van der Waals surface area (Å²) in [5.41, 5.74) is 4.84. The van der Waals surface area contributed by atoms with Crippen LogP contribution in [-0.2, 0) is 15.9 Å². The van der Waals surface area contributed by atoms with Crippen molar-refractivity contribution < 1.29 is 23.8 Å². The van der Waals surface area contributed by atoms with Crippen LogP contribution in [0.4, 0.5) is 9.59 Å². The van der Waals surface area contributed by atoms with Gasteiger partial charge in [-0.2, -0.15) is 0 Å². The van der Waals surface area contributed by atoms with Crippen LogP contribution in [0.2, 0.25) is 0 Å². The second-order valence-electron chi connectivity index (χ2n) is 15.0. The van der Waals surface area contributed by atoms with Gasteiger partial charge in [0.1, 0.15) is 34.3 Å². The number of H-pyrrole nitrogens is 2. The Labute approximate surface area is 281 Å². The number of fused-ring (bicyclic) bond motifs is 2. The molecule has 2 amide bonds. The minimum atomic E-state index is -0.551. The molecule has 0 radical (unpaired) electrons. The molecule has 5 heterocycles. The maximum absolute atomic E-state index is 12.9. The van der Waals surface area contributed by atoms with E-state index in [0.717, 1.165) is 82.5 Å². The number of rotatable bonds is 4. The van der Waals surface area contributed by atoms with E-state index in [9.17, 15) is 9.59 Å². The Morgan fingerprint density at radius 1 is 0.729 bits per heavy atom. The van der Waals surface area contributed by atoms with E-state index < -0.39 is 11.2 Å². The predicted octanol–water partition coefficient (Wildman–Crippen LogP) is 8.31. The molecule has 11 nitrogen and oxygen atoms in total. The van der Waals surface area contributed by atoms with Gasteiger partial charge in [-0.15, -0.1) is 0 Å². The summed E-state index contributed by atoms with van der Waals surface area (Å²) >= 11 is 0. The number of benzene rings is 2. The standard InChI is InChI=1S/C37H44N6O5/c1-36(2,3)47-34(44)42-15-7-9-28(42)32-38-20-26(40-32)22-11-13-30-24(17-22)19-25-18-23(12-14-31(25)46-30)27-21-39-33(41-27)29-10-8-16-43(29)35(45)48-37(4,5)6/h11-14,17-18,20-21,28-29H,7-10,15-16,19H2,1-6H3,(H,38,40)(H,39,41)/t28-,29-/m0/s1. The molecular formula is C37H44N6O5. The van der Waals surface area contributed by atoms with Crippen molar-refractivity contribution in [1.29, 1.82) is 0 Å². The zero-order valence-electron chi connectivity index (χ0n) is 28.6. The first-order valence-electron chi connectivity index (χ1n) is 16.8. The summed E-state index contributed by atoms with van der Waals surface area (Å²) in [5.74, 6) is 3.20. The third-order valence-corrected chi connectivity index (χ3v) is 8.93. The molecule has 2 N–H and O–H groups in total. The molecule has 0 saturated carbocycles. The Kier molecular flexibility index (Phi) is 7.96. The van der Waals surface area contributed by atoms with Crippen LogP contribution < -0.4 is 4.74 Å². The van der Waals surface area contributed by atoms with Gasteiger partial charge in [0.05, 0.1) is 35.9 Å². The van der Waals surface area contributed by atoms with E-state index in [1.165, 1.54) is 0 Å². The van der Waals surface area contributed by atoms with Crippen LogP contribution in [0.5, 0.6) is 11.5 Å². The zero-order chi connectivity index (χ0) is 33.8. The van der Waals surface area contributed by atoms with E-state index >= 15 is 0 Å². The molecule has 2 aromatic heterocycles. The largest absolute Gasteiger partial charge is 0.457 e. The number of aromatic nitrogens is 4. The van der Waals surface area contributed by atoms with Gasteiger partial charge in [0, 0.05) is 30.6 Å². The average molecular weight is 653 g/mol. The van der Waals surface area contributed by atoms with Gasteiger partial charge >= 0.3 is 12.2 Å². The molecule has 0 bridgehead atoms. The summed E-state index contributed by atoms with van der Waals surface area (Å²) in [6, 6.07) is 12.1. The average Bonchev–Trinajstić information content (AvgIpc) is 3.83. The highest BCUT2D eigenvalue weighted by atomic mass is 16.6. The topological polar surface area (TPSA) is 126 Å². The second-order valence-corrected chi connectivity index (χ2v) is 15.0. The van der Waals surface area contributed by atoms with E-state index in [0.29, 0.717) is 19.5 Å². The molecule has 7 rings (SSSR count). The number of ether oxygens (including phenoxy) is 3. The van der Waals surface area contributed by atoms with Crippen molar-refractivity contribution in [3.63, 3.8) is 0 Å². The molecule has 11 heteroatoms. The van der Waals surface area contributed by atoms with Crippen LogP contribution >= 0.6 is 0 Å². The first-order valence-corrected chi connectivity index (χ1v) is 16.8. The van der Waals surface area contributed by atoms with Crippen molar-refractivity contribution in [2.24, 2.45) is 0 Å². The molecule has 2 fully saturated rings. The number of carbonyl (C=O) groups excluding carboxylic acids is 2. The number of hydrogen-bond acceptors (Lipinski definition) is 7. The maximum atomic E-state index is 12.9. The predicted molar refractivity (Wildman–Crippen MR) is 181 cm³/mol. The highest BCUT2D eigenvalue weighted by Crippen LogP contribution is 2.41. The van der Waals surface area contributed by atoms with Crippen LogP contribution in [0.3, 0.4) is 0 Å². The summed E-state index contributed by atoms with van der Waals surface area (Å²) < 4.78 is 17.6. The number of likely N-dealkylation sites (tertiary alicyclic amines) is 2. The highest BCUT2D eigenvalue weighted by molar-refractivity contribution is 5.70. The minimum absolute atomic E-state index is 0.142. The van der Waals surface area contributed by atoms with E-state index in [2.05, 4.69) is 32.1 Å². The number of aromatic amines is 2. The van der Waals surface area contributed by atoms with E-state index in [-0.39, 0.29) is 24.3 Å². The fourth-order valence-electron chi connectivity index (χ4n) is 6.78.